The number of amides is 1. The first-order valence-corrected chi connectivity index (χ1v) is 9.94. The molecule has 1 N–H and O–H groups in total. The first kappa shape index (κ1) is 18.8. The lowest BCUT2D eigenvalue weighted by molar-refractivity contribution is -0.122. The number of methoxy groups -OCH3 is 2. The zero-order chi connectivity index (χ0) is 19.6. The lowest BCUT2D eigenvalue weighted by Crippen LogP contribution is -2.48. The molecule has 9 heteroatoms. The fourth-order valence-corrected chi connectivity index (χ4v) is 3.69. The predicted molar refractivity (Wildman–Crippen MR) is 101 cm³/mol. The Morgan fingerprint density at radius 2 is 1.93 bits per heavy atom. The van der Waals surface area contributed by atoms with Crippen molar-refractivity contribution in [1.82, 2.24) is 0 Å². The van der Waals surface area contributed by atoms with Crippen LogP contribution in [0.15, 0.2) is 42.5 Å². The Hall–Kier alpha value is -2.94. The van der Waals surface area contributed by atoms with E-state index in [1.54, 1.807) is 42.5 Å². The van der Waals surface area contributed by atoms with Crippen molar-refractivity contribution < 1.29 is 27.4 Å². The summed E-state index contributed by atoms with van der Waals surface area (Å²) >= 11 is 0. The largest absolute Gasteiger partial charge is 0.497 e. The van der Waals surface area contributed by atoms with Gasteiger partial charge in [-0.3, -0.25) is 9.10 Å². The second kappa shape index (κ2) is 7.36. The molecular weight excluding hydrogens is 372 g/mol. The number of hydrogen-bond donors (Lipinski definition) is 1. The fraction of sp³-hybridized carbons (Fsp3) is 0.278. The molecule has 1 atom stereocenters. The van der Waals surface area contributed by atoms with Crippen LogP contribution in [0.25, 0.3) is 0 Å². The average Bonchev–Trinajstić information content (AvgIpc) is 2.66. The second-order valence-corrected chi connectivity index (χ2v) is 7.83. The summed E-state index contributed by atoms with van der Waals surface area (Å²) in [5.41, 5.74) is 0.804. The third-order valence-corrected chi connectivity index (χ3v) is 5.24. The average molecular weight is 392 g/mol. The number of carbonyl (C=O) groups excluding carboxylic acids is 1. The minimum absolute atomic E-state index is 0.131. The Bertz CT molecular complexity index is 960. The van der Waals surface area contributed by atoms with E-state index in [1.165, 1.54) is 18.5 Å². The number of rotatable bonds is 5. The molecule has 0 saturated heterocycles. The number of para-hydroxylation sites is 2. The van der Waals surface area contributed by atoms with Gasteiger partial charge >= 0.3 is 0 Å². The van der Waals surface area contributed by atoms with Gasteiger partial charge in [-0.25, -0.2) is 8.42 Å². The number of carbonyl (C=O) groups is 1. The molecule has 144 valence electrons. The number of fused-ring (bicyclic) bond motifs is 1. The molecule has 8 nitrogen and oxygen atoms in total. The maximum Gasteiger partial charge on any atom is 0.267 e. The minimum Gasteiger partial charge on any atom is -0.497 e. The highest BCUT2D eigenvalue weighted by Gasteiger charge is 2.35. The summed E-state index contributed by atoms with van der Waals surface area (Å²) in [5.74, 6) is 0.815. The van der Waals surface area contributed by atoms with Gasteiger partial charge < -0.3 is 19.5 Å². The highest BCUT2D eigenvalue weighted by molar-refractivity contribution is 7.92. The molecule has 3 rings (SSSR count). The van der Waals surface area contributed by atoms with Crippen LogP contribution in [0.1, 0.15) is 0 Å². The lowest BCUT2D eigenvalue weighted by atomic mass is 10.2. The fourth-order valence-electron chi connectivity index (χ4n) is 2.78. The summed E-state index contributed by atoms with van der Waals surface area (Å²) in [7, 11) is -0.579. The zero-order valence-corrected chi connectivity index (χ0v) is 15.9. The number of sulfonamides is 1. The van der Waals surface area contributed by atoms with Gasteiger partial charge in [-0.1, -0.05) is 12.1 Å². The Morgan fingerprint density at radius 3 is 2.59 bits per heavy atom. The van der Waals surface area contributed by atoms with Crippen LogP contribution in [-0.2, 0) is 14.8 Å². The molecule has 0 saturated carbocycles. The third-order valence-electron chi connectivity index (χ3n) is 4.09. The van der Waals surface area contributed by atoms with Gasteiger partial charge in [0.15, 0.2) is 6.10 Å². The maximum atomic E-state index is 12.8. The Balaban J connectivity index is 1.88. The van der Waals surface area contributed by atoms with E-state index in [0.29, 0.717) is 28.6 Å². The van der Waals surface area contributed by atoms with Gasteiger partial charge in [0.1, 0.15) is 17.2 Å². The monoisotopic (exact) mass is 392 g/mol. The SMILES string of the molecule is COc1ccc(OC)c(NC(=O)[C@@H]2CN(S(C)(=O)=O)c3ccccc3O2)c1. The first-order chi connectivity index (χ1) is 12.8. The molecule has 1 aliphatic heterocycles. The number of benzene rings is 2. The van der Waals surface area contributed by atoms with E-state index in [0.717, 1.165) is 6.26 Å². The van der Waals surface area contributed by atoms with Crippen molar-refractivity contribution >= 4 is 27.3 Å². The normalized spacial score (nSPS) is 16.1. The molecule has 0 radical (unpaired) electrons. The molecular formula is C18H20N2O6S. The summed E-state index contributed by atoms with van der Waals surface area (Å²) in [6.45, 7) is -0.131. The molecule has 1 amide bonds. The van der Waals surface area contributed by atoms with Gasteiger partial charge in [0.05, 0.1) is 38.4 Å². The second-order valence-electron chi connectivity index (χ2n) is 5.92. The van der Waals surface area contributed by atoms with Crippen LogP contribution in [0.3, 0.4) is 0 Å². The van der Waals surface area contributed by atoms with E-state index in [9.17, 15) is 13.2 Å². The summed E-state index contributed by atoms with van der Waals surface area (Å²) in [5, 5.41) is 2.72. The topological polar surface area (TPSA) is 94.2 Å². The van der Waals surface area contributed by atoms with E-state index in [4.69, 9.17) is 14.2 Å². The molecule has 0 fully saturated rings. The van der Waals surface area contributed by atoms with Crippen LogP contribution in [0.4, 0.5) is 11.4 Å². The number of nitrogens with zero attached hydrogens (tertiary/aromatic N) is 1. The summed E-state index contributed by atoms with van der Waals surface area (Å²) in [4.78, 5) is 12.8. The van der Waals surface area contributed by atoms with Crippen LogP contribution >= 0.6 is 0 Å². The molecule has 1 aliphatic rings. The van der Waals surface area contributed by atoms with Gasteiger partial charge in [-0.15, -0.1) is 0 Å². The van der Waals surface area contributed by atoms with Gasteiger partial charge in [-0.05, 0) is 24.3 Å². The highest BCUT2D eigenvalue weighted by atomic mass is 32.2. The van der Waals surface area contributed by atoms with E-state index >= 15 is 0 Å². The maximum absolute atomic E-state index is 12.8. The van der Waals surface area contributed by atoms with Crippen LogP contribution in [-0.4, -0.2) is 47.4 Å². The molecule has 0 aromatic heterocycles. The Kier molecular flexibility index (Phi) is 5.13. The third kappa shape index (κ3) is 3.92. The minimum atomic E-state index is -3.57. The van der Waals surface area contributed by atoms with Gasteiger partial charge in [0.2, 0.25) is 10.0 Å². The summed E-state index contributed by atoms with van der Waals surface area (Å²) in [6.07, 6.45) is 0.0698. The molecule has 2 aromatic carbocycles. The van der Waals surface area contributed by atoms with Crippen LogP contribution in [0.2, 0.25) is 0 Å². The summed E-state index contributed by atoms with van der Waals surface area (Å²) in [6, 6.07) is 11.7. The van der Waals surface area contributed by atoms with Gasteiger partial charge in [0.25, 0.3) is 5.91 Å². The molecule has 0 aliphatic carbocycles. The van der Waals surface area contributed by atoms with Crippen molar-refractivity contribution in [2.75, 3.05) is 36.6 Å². The van der Waals surface area contributed by atoms with Crippen LogP contribution in [0, 0.1) is 0 Å². The van der Waals surface area contributed by atoms with E-state index in [-0.39, 0.29) is 6.54 Å². The molecule has 0 spiro atoms. The quantitative estimate of drug-likeness (QED) is 0.835. The van der Waals surface area contributed by atoms with Crippen molar-refractivity contribution in [1.29, 1.82) is 0 Å². The molecule has 0 unspecified atom stereocenters. The highest BCUT2D eigenvalue weighted by Crippen LogP contribution is 2.35. The van der Waals surface area contributed by atoms with Gasteiger partial charge in [-0.2, -0.15) is 0 Å². The van der Waals surface area contributed by atoms with Gasteiger partial charge in [0, 0.05) is 6.07 Å². The van der Waals surface area contributed by atoms with Crippen molar-refractivity contribution in [2.45, 2.75) is 6.10 Å². The van der Waals surface area contributed by atoms with E-state index < -0.39 is 22.0 Å². The molecule has 27 heavy (non-hydrogen) atoms. The van der Waals surface area contributed by atoms with Crippen molar-refractivity contribution in [3.8, 4) is 17.2 Å². The number of ether oxygens (including phenoxy) is 3. The van der Waals surface area contributed by atoms with Crippen molar-refractivity contribution in [3.05, 3.63) is 42.5 Å². The predicted octanol–water partition coefficient (Wildman–Crippen LogP) is 1.87. The van der Waals surface area contributed by atoms with Crippen molar-refractivity contribution in [3.63, 3.8) is 0 Å². The Labute approximate surface area is 157 Å². The van der Waals surface area contributed by atoms with E-state index in [2.05, 4.69) is 5.32 Å². The molecule has 0 bridgehead atoms. The van der Waals surface area contributed by atoms with Crippen LogP contribution in [0.5, 0.6) is 17.2 Å². The summed E-state index contributed by atoms with van der Waals surface area (Å²) < 4.78 is 41.6. The number of anilines is 2. The molecule has 2 aromatic rings. The number of nitrogens with one attached hydrogen (secondary N) is 1. The van der Waals surface area contributed by atoms with E-state index in [1.807, 2.05) is 0 Å². The lowest BCUT2D eigenvalue weighted by Gasteiger charge is -2.33. The van der Waals surface area contributed by atoms with Crippen molar-refractivity contribution in [2.24, 2.45) is 0 Å². The smallest absolute Gasteiger partial charge is 0.267 e. The first-order valence-electron chi connectivity index (χ1n) is 8.09. The Morgan fingerprint density at radius 1 is 1.19 bits per heavy atom. The standard InChI is InChI=1S/C18H20N2O6S/c1-24-12-8-9-15(25-2)13(10-12)19-18(21)17-11-20(27(3,22)23)14-6-4-5-7-16(14)26-17/h4-10,17H,11H2,1-3H3,(H,19,21)/t17-/m0/s1. The number of hydrogen-bond acceptors (Lipinski definition) is 6. The molecule has 1 heterocycles. The van der Waals surface area contributed by atoms with Crippen LogP contribution < -0.4 is 23.8 Å². The zero-order valence-electron chi connectivity index (χ0n) is 15.1.